The van der Waals surface area contributed by atoms with Gasteiger partial charge in [0.2, 0.25) is 0 Å². The number of likely N-dealkylation sites (N-methyl/N-ethyl adjacent to an activating group) is 2. The molecule has 106 valence electrons. The number of rotatable bonds is 4. The number of aromatic nitrogens is 1. The average Bonchev–Trinajstić information content (AvgIpc) is 2.41. The van der Waals surface area contributed by atoms with E-state index in [0.717, 1.165) is 25.2 Å². The number of aliphatic hydroxyl groups is 1. The highest BCUT2D eigenvalue weighted by molar-refractivity contribution is 5.26. The number of nitrogens with zero attached hydrogens (tertiary/aromatic N) is 3. The van der Waals surface area contributed by atoms with Gasteiger partial charge in [-0.3, -0.25) is 9.88 Å². The second kappa shape index (κ2) is 6.32. The molecular formula is C14H23N3O2. The van der Waals surface area contributed by atoms with E-state index in [4.69, 9.17) is 4.74 Å². The molecule has 5 nitrogen and oxygen atoms in total. The van der Waals surface area contributed by atoms with Crippen molar-refractivity contribution in [3.8, 4) is 5.75 Å². The maximum atomic E-state index is 10.6. The van der Waals surface area contributed by atoms with Crippen LogP contribution in [-0.4, -0.2) is 66.3 Å². The molecule has 1 aromatic heterocycles. The monoisotopic (exact) mass is 265 g/mol. The minimum atomic E-state index is -0.541. The molecule has 5 heteroatoms. The predicted octanol–water partition coefficient (Wildman–Crippen LogP) is 0.759. The van der Waals surface area contributed by atoms with Crippen LogP contribution in [0.2, 0.25) is 0 Å². The van der Waals surface area contributed by atoms with E-state index >= 15 is 0 Å². The lowest BCUT2D eigenvalue weighted by Gasteiger charge is -2.40. The largest absolute Gasteiger partial charge is 0.492 e. The summed E-state index contributed by atoms with van der Waals surface area (Å²) in [7, 11) is 4.14. The van der Waals surface area contributed by atoms with Crippen LogP contribution in [0.5, 0.6) is 5.75 Å². The van der Waals surface area contributed by atoms with Gasteiger partial charge in [-0.15, -0.1) is 0 Å². The van der Waals surface area contributed by atoms with Crippen LogP contribution >= 0.6 is 0 Å². The molecule has 0 amide bonds. The van der Waals surface area contributed by atoms with Crippen LogP contribution in [0.25, 0.3) is 0 Å². The fourth-order valence-corrected chi connectivity index (χ4v) is 2.45. The molecule has 2 unspecified atom stereocenters. The van der Waals surface area contributed by atoms with Gasteiger partial charge in [0.1, 0.15) is 5.75 Å². The Morgan fingerprint density at radius 1 is 1.42 bits per heavy atom. The SMILES string of the molecule is CCOc1cncc(C(O)C2CN(C)CCN2C)c1. The molecule has 1 fully saturated rings. The van der Waals surface area contributed by atoms with Crippen LogP contribution in [0, 0.1) is 0 Å². The van der Waals surface area contributed by atoms with Crippen LogP contribution < -0.4 is 4.74 Å². The van der Waals surface area contributed by atoms with Gasteiger partial charge in [-0.2, -0.15) is 0 Å². The standard InChI is InChI=1S/C14H23N3O2/c1-4-19-12-7-11(8-15-9-12)14(18)13-10-16(2)5-6-17(13)3/h7-9,13-14,18H,4-6,10H2,1-3H3. The van der Waals surface area contributed by atoms with Crippen LogP contribution in [0.3, 0.4) is 0 Å². The molecule has 1 aromatic rings. The van der Waals surface area contributed by atoms with Crippen molar-refractivity contribution in [3.05, 3.63) is 24.0 Å². The summed E-state index contributed by atoms with van der Waals surface area (Å²) in [5.41, 5.74) is 0.818. The van der Waals surface area contributed by atoms with Gasteiger partial charge in [0.15, 0.2) is 0 Å². The number of hydrogen-bond donors (Lipinski definition) is 1. The maximum absolute atomic E-state index is 10.6. The maximum Gasteiger partial charge on any atom is 0.137 e. The van der Waals surface area contributed by atoms with Gasteiger partial charge in [0, 0.05) is 31.4 Å². The molecule has 1 saturated heterocycles. The third kappa shape index (κ3) is 3.43. The van der Waals surface area contributed by atoms with Gasteiger partial charge in [0.05, 0.1) is 24.9 Å². The molecule has 0 radical (unpaired) electrons. The first-order valence-electron chi connectivity index (χ1n) is 6.76. The summed E-state index contributed by atoms with van der Waals surface area (Å²) >= 11 is 0. The van der Waals surface area contributed by atoms with Crippen molar-refractivity contribution in [2.45, 2.75) is 19.1 Å². The summed E-state index contributed by atoms with van der Waals surface area (Å²) < 4.78 is 5.43. The Hall–Kier alpha value is -1.17. The highest BCUT2D eigenvalue weighted by Crippen LogP contribution is 2.25. The van der Waals surface area contributed by atoms with E-state index in [-0.39, 0.29) is 6.04 Å². The lowest BCUT2D eigenvalue weighted by atomic mass is 10.0. The third-order valence-electron chi connectivity index (χ3n) is 3.65. The molecule has 2 heterocycles. The Bertz CT molecular complexity index is 413. The Morgan fingerprint density at radius 2 is 2.21 bits per heavy atom. The Labute approximate surface area is 114 Å². The minimum Gasteiger partial charge on any atom is -0.492 e. The molecule has 0 spiro atoms. The number of piperazine rings is 1. The number of pyridine rings is 1. The van der Waals surface area contributed by atoms with Crippen LogP contribution in [0.15, 0.2) is 18.5 Å². The zero-order valence-corrected chi connectivity index (χ0v) is 11.9. The summed E-state index contributed by atoms with van der Waals surface area (Å²) in [4.78, 5) is 8.60. The van der Waals surface area contributed by atoms with Gasteiger partial charge in [-0.1, -0.05) is 0 Å². The van der Waals surface area contributed by atoms with Crippen LogP contribution in [0.1, 0.15) is 18.6 Å². The van der Waals surface area contributed by atoms with Crippen LogP contribution in [0.4, 0.5) is 0 Å². The zero-order valence-electron chi connectivity index (χ0n) is 11.9. The van der Waals surface area contributed by atoms with Crippen LogP contribution in [-0.2, 0) is 0 Å². The molecule has 0 saturated carbocycles. The van der Waals surface area contributed by atoms with E-state index in [9.17, 15) is 5.11 Å². The van der Waals surface area contributed by atoms with Gasteiger partial charge < -0.3 is 14.7 Å². The normalized spacial score (nSPS) is 23.3. The van der Waals surface area contributed by atoms with E-state index in [0.29, 0.717) is 12.4 Å². The Morgan fingerprint density at radius 3 is 2.95 bits per heavy atom. The van der Waals surface area contributed by atoms with Gasteiger partial charge in [-0.25, -0.2) is 0 Å². The Balaban J connectivity index is 2.13. The van der Waals surface area contributed by atoms with E-state index in [2.05, 4.69) is 28.9 Å². The topological polar surface area (TPSA) is 48.8 Å². The van der Waals surface area contributed by atoms with Gasteiger partial charge >= 0.3 is 0 Å². The fourth-order valence-electron chi connectivity index (χ4n) is 2.45. The molecule has 2 rings (SSSR count). The molecule has 2 atom stereocenters. The van der Waals surface area contributed by atoms with Crippen molar-refractivity contribution in [2.75, 3.05) is 40.3 Å². The van der Waals surface area contributed by atoms with E-state index < -0.39 is 6.10 Å². The molecule has 1 aliphatic rings. The van der Waals surface area contributed by atoms with Crippen molar-refractivity contribution < 1.29 is 9.84 Å². The van der Waals surface area contributed by atoms with Crippen molar-refractivity contribution in [3.63, 3.8) is 0 Å². The average molecular weight is 265 g/mol. The first-order chi connectivity index (χ1) is 9.11. The lowest BCUT2D eigenvalue weighted by Crippen LogP contribution is -2.52. The molecular weight excluding hydrogens is 242 g/mol. The van der Waals surface area contributed by atoms with Gasteiger partial charge in [-0.05, 0) is 27.1 Å². The Kier molecular flexibility index (Phi) is 4.74. The zero-order chi connectivity index (χ0) is 13.8. The van der Waals surface area contributed by atoms with E-state index in [1.54, 1.807) is 12.4 Å². The quantitative estimate of drug-likeness (QED) is 0.871. The van der Waals surface area contributed by atoms with Crippen molar-refractivity contribution in [1.82, 2.24) is 14.8 Å². The van der Waals surface area contributed by atoms with E-state index in [1.807, 2.05) is 13.0 Å². The highest BCUT2D eigenvalue weighted by Gasteiger charge is 2.29. The van der Waals surface area contributed by atoms with Crippen molar-refractivity contribution >= 4 is 0 Å². The minimum absolute atomic E-state index is 0.0948. The summed E-state index contributed by atoms with van der Waals surface area (Å²) in [5, 5.41) is 10.6. The summed E-state index contributed by atoms with van der Waals surface area (Å²) in [6.45, 7) is 5.41. The summed E-state index contributed by atoms with van der Waals surface area (Å²) in [5.74, 6) is 0.714. The van der Waals surface area contributed by atoms with Crippen molar-refractivity contribution in [2.24, 2.45) is 0 Å². The fraction of sp³-hybridized carbons (Fsp3) is 0.643. The molecule has 0 aliphatic carbocycles. The number of aliphatic hydroxyl groups excluding tert-OH is 1. The second-order valence-electron chi connectivity index (χ2n) is 5.14. The molecule has 1 aliphatic heterocycles. The van der Waals surface area contributed by atoms with Crippen molar-refractivity contribution in [1.29, 1.82) is 0 Å². The number of hydrogen-bond acceptors (Lipinski definition) is 5. The summed E-state index contributed by atoms with van der Waals surface area (Å²) in [6, 6.07) is 1.97. The summed E-state index contributed by atoms with van der Waals surface area (Å²) in [6.07, 6.45) is 2.85. The van der Waals surface area contributed by atoms with E-state index in [1.165, 1.54) is 0 Å². The lowest BCUT2D eigenvalue weighted by molar-refractivity contribution is 0.0135. The number of ether oxygens (including phenoxy) is 1. The molecule has 0 aromatic carbocycles. The smallest absolute Gasteiger partial charge is 0.137 e. The van der Waals surface area contributed by atoms with Gasteiger partial charge in [0.25, 0.3) is 0 Å². The first kappa shape index (κ1) is 14.2. The molecule has 0 bridgehead atoms. The molecule has 19 heavy (non-hydrogen) atoms. The predicted molar refractivity (Wildman–Crippen MR) is 74.3 cm³/mol. The molecule has 1 N–H and O–H groups in total. The second-order valence-corrected chi connectivity index (χ2v) is 5.14. The highest BCUT2D eigenvalue weighted by atomic mass is 16.5. The first-order valence-corrected chi connectivity index (χ1v) is 6.76. The third-order valence-corrected chi connectivity index (χ3v) is 3.65.